The average Bonchev–Trinajstić information content (AvgIpc) is 3.12. The molecular formula is C20H14ClF3N2O2S2. The van der Waals surface area contributed by atoms with Gasteiger partial charge in [-0.3, -0.25) is 0 Å². The normalized spacial score (nSPS) is 11.1. The summed E-state index contributed by atoms with van der Waals surface area (Å²) in [5.41, 5.74) is 0.281. The van der Waals surface area contributed by atoms with Crippen LogP contribution in [0.15, 0.2) is 54.6 Å². The van der Waals surface area contributed by atoms with Crippen LogP contribution >= 0.6 is 35.2 Å². The van der Waals surface area contributed by atoms with Gasteiger partial charge in [0.2, 0.25) is 0 Å². The molecule has 0 bridgehead atoms. The van der Waals surface area contributed by atoms with Crippen LogP contribution < -0.4 is 10.6 Å². The van der Waals surface area contributed by atoms with Gasteiger partial charge < -0.3 is 15.4 Å². The lowest BCUT2D eigenvalue weighted by atomic mass is 10.1. The van der Waals surface area contributed by atoms with Crippen LogP contribution in [0.5, 0.6) is 0 Å². The van der Waals surface area contributed by atoms with E-state index in [0.717, 1.165) is 22.6 Å². The van der Waals surface area contributed by atoms with Crippen LogP contribution in [-0.4, -0.2) is 18.2 Å². The Morgan fingerprint density at radius 1 is 1.10 bits per heavy atom. The van der Waals surface area contributed by atoms with Crippen LogP contribution in [0.25, 0.3) is 10.4 Å². The fourth-order valence-corrected chi connectivity index (χ4v) is 4.14. The highest BCUT2D eigenvalue weighted by Crippen LogP contribution is 2.37. The molecule has 0 aliphatic rings. The lowest BCUT2D eigenvalue weighted by Crippen LogP contribution is -2.20. The molecule has 10 heteroatoms. The molecule has 0 unspecified atom stereocenters. The number of hydrogen-bond donors (Lipinski definition) is 2. The van der Waals surface area contributed by atoms with Crippen molar-refractivity contribution in [2.24, 2.45) is 0 Å². The first-order valence-corrected chi connectivity index (χ1v) is 10.0. The van der Waals surface area contributed by atoms with Gasteiger partial charge >= 0.3 is 12.1 Å². The Labute approximate surface area is 184 Å². The zero-order valence-electron chi connectivity index (χ0n) is 15.3. The van der Waals surface area contributed by atoms with Crippen LogP contribution in [0.2, 0.25) is 5.02 Å². The van der Waals surface area contributed by atoms with E-state index in [1.165, 1.54) is 24.5 Å². The van der Waals surface area contributed by atoms with Crippen molar-refractivity contribution in [3.8, 4) is 10.4 Å². The Bertz CT molecular complexity index is 1090. The third kappa shape index (κ3) is 5.10. The number of methoxy groups -OCH3 is 1. The lowest BCUT2D eigenvalue weighted by molar-refractivity contribution is -0.137. The smallest absolute Gasteiger partial charge is 0.417 e. The second kappa shape index (κ2) is 9.03. The SMILES string of the molecule is COC(=O)c1cc(-c2ccccc2)sc1NC(=S)Nc1ccc(Cl)c(C(F)(F)F)c1. The van der Waals surface area contributed by atoms with Gasteiger partial charge in [-0.2, -0.15) is 13.2 Å². The predicted molar refractivity (Wildman–Crippen MR) is 117 cm³/mol. The molecule has 0 atom stereocenters. The maximum Gasteiger partial charge on any atom is 0.417 e. The van der Waals surface area contributed by atoms with E-state index < -0.39 is 22.7 Å². The van der Waals surface area contributed by atoms with Gasteiger partial charge in [-0.1, -0.05) is 41.9 Å². The van der Waals surface area contributed by atoms with E-state index in [1.807, 2.05) is 30.3 Å². The highest BCUT2D eigenvalue weighted by atomic mass is 35.5. The third-order valence-electron chi connectivity index (χ3n) is 3.95. The van der Waals surface area contributed by atoms with Crippen LogP contribution in [0.3, 0.4) is 0 Å². The number of thiocarbonyl (C=S) groups is 1. The van der Waals surface area contributed by atoms with E-state index >= 15 is 0 Å². The van der Waals surface area contributed by atoms with Gasteiger partial charge in [-0.05, 0) is 42.0 Å². The number of carbonyl (C=O) groups excluding carboxylic acids is 1. The van der Waals surface area contributed by atoms with Crippen molar-refractivity contribution in [2.45, 2.75) is 6.18 Å². The number of nitrogens with one attached hydrogen (secondary N) is 2. The van der Waals surface area contributed by atoms with E-state index in [4.69, 9.17) is 28.6 Å². The summed E-state index contributed by atoms with van der Waals surface area (Å²) in [5.74, 6) is -0.565. The topological polar surface area (TPSA) is 50.4 Å². The number of anilines is 2. The third-order valence-corrected chi connectivity index (χ3v) is 5.59. The number of halogens is 4. The van der Waals surface area contributed by atoms with Crippen LogP contribution in [-0.2, 0) is 10.9 Å². The van der Waals surface area contributed by atoms with Gasteiger partial charge in [-0.15, -0.1) is 11.3 Å². The molecule has 4 nitrogen and oxygen atoms in total. The number of thiophene rings is 1. The number of hydrogen-bond acceptors (Lipinski definition) is 4. The second-order valence-corrected chi connectivity index (χ2v) is 7.85. The van der Waals surface area contributed by atoms with E-state index in [9.17, 15) is 18.0 Å². The maximum absolute atomic E-state index is 13.0. The zero-order valence-corrected chi connectivity index (χ0v) is 17.7. The van der Waals surface area contributed by atoms with Gasteiger partial charge in [0, 0.05) is 10.6 Å². The molecule has 0 fully saturated rings. The zero-order chi connectivity index (χ0) is 21.9. The minimum absolute atomic E-state index is 0.0112. The van der Waals surface area contributed by atoms with E-state index in [0.29, 0.717) is 5.00 Å². The van der Waals surface area contributed by atoms with Crippen LogP contribution in [0.1, 0.15) is 15.9 Å². The summed E-state index contributed by atoms with van der Waals surface area (Å²) in [6.07, 6.45) is -4.60. The standard InChI is InChI=1S/C20H14ClF3N2O2S2/c1-28-18(27)13-10-16(11-5-3-2-4-6-11)30-17(13)26-19(29)25-12-7-8-15(21)14(9-12)20(22,23)24/h2-10H,1H3,(H2,25,26,29). The molecule has 0 spiro atoms. The molecule has 2 N–H and O–H groups in total. The van der Waals surface area contributed by atoms with Crippen molar-refractivity contribution in [1.82, 2.24) is 0 Å². The predicted octanol–water partition coefficient (Wildman–Crippen LogP) is 6.68. The number of benzene rings is 2. The summed E-state index contributed by atoms with van der Waals surface area (Å²) in [7, 11) is 1.26. The summed E-state index contributed by atoms with van der Waals surface area (Å²) < 4.78 is 44.0. The van der Waals surface area contributed by atoms with Gasteiger partial charge in [0.15, 0.2) is 5.11 Å². The molecule has 0 aliphatic heterocycles. The van der Waals surface area contributed by atoms with Gasteiger partial charge in [0.05, 0.1) is 23.3 Å². The molecule has 1 aromatic heterocycles. The highest BCUT2D eigenvalue weighted by molar-refractivity contribution is 7.80. The summed E-state index contributed by atoms with van der Waals surface area (Å²) in [6.45, 7) is 0. The largest absolute Gasteiger partial charge is 0.465 e. The Kier molecular flexibility index (Phi) is 6.64. The fourth-order valence-electron chi connectivity index (χ4n) is 2.58. The molecule has 0 radical (unpaired) electrons. The van der Waals surface area contributed by atoms with Crippen LogP contribution in [0, 0.1) is 0 Å². The molecular weight excluding hydrogens is 457 g/mol. The maximum atomic E-state index is 13.0. The molecule has 1 heterocycles. The van der Waals surface area contributed by atoms with Crippen molar-refractivity contribution < 1.29 is 22.7 Å². The first-order chi connectivity index (χ1) is 14.2. The number of carbonyl (C=O) groups is 1. The van der Waals surface area contributed by atoms with Crippen molar-refractivity contribution in [3.63, 3.8) is 0 Å². The Hall–Kier alpha value is -2.62. The number of ether oxygens (including phenoxy) is 1. The molecule has 30 heavy (non-hydrogen) atoms. The van der Waals surface area contributed by atoms with Gasteiger partial charge in [0.25, 0.3) is 0 Å². The Morgan fingerprint density at radius 2 is 1.80 bits per heavy atom. The van der Waals surface area contributed by atoms with E-state index in [1.54, 1.807) is 6.07 Å². The molecule has 0 amide bonds. The van der Waals surface area contributed by atoms with Crippen molar-refractivity contribution in [3.05, 3.63) is 70.7 Å². The van der Waals surface area contributed by atoms with Crippen molar-refractivity contribution in [2.75, 3.05) is 17.7 Å². The van der Waals surface area contributed by atoms with Gasteiger partial charge in [0.1, 0.15) is 5.00 Å². The van der Waals surface area contributed by atoms with Crippen molar-refractivity contribution >= 4 is 56.9 Å². The fraction of sp³-hybridized carbons (Fsp3) is 0.100. The molecule has 0 aliphatic carbocycles. The monoisotopic (exact) mass is 470 g/mol. The number of alkyl halides is 3. The Balaban J connectivity index is 1.84. The van der Waals surface area contributed by atoms with Crippen LogP contribution in [0.4, 0.5) is 23.9 Å². The molecule has 156 valence electrons. The summed E-state index contributed by atoms with van der Waals surface area (Å²) >= 11 is 12.1. The highest BCUT2D eigenvalue weighted by Gasteiger charge is 2.33. The van der Waals surface area contributed by atoms with E-state index in [-0.39, 0.29) is 16.4 Å². The Morgan fingerprint density at radius 3 is 2.43 bits per heavy atom. The molecule has 3 aromatic rings. The second-order valence-electron chi connectivity index (χ2n) is 5.98. The first-order valence-electron chi connectivity index (χ1n) is 8.41. The lowest BCUT2D eigenvalue weighted by Gasteiger charge is -2.13. The number of esters is 1. The quantitative estimate of drug-likeness (QED) is 0.329. The first kappa shape index (κ1) is 22.1. The van der Waals surface area contributed by atoms with Gasteiger partial charge in [-0.25, -0.2) is 4.79 Å². The minimum atomic E-state index is -4.60. The summed E-state index contributed by atoms with van der Waals surface area (Å²) in [5, 5.41) is 5.55. The molecule has 0 saturated heterocycles. The molecule has 0 saturated carbocycles. The van der Waals surface area contributed by atoms with E-state index in [2.05, 4.69) is 10.6 Å². The summed E-state index contributed by atoms with van der Waals surface area (Å²) in [6, 6.07) is 14.4. The molecule has 2 aromatic carbocycles. The van der Waals surface area contributed by atoms with Crippen molar-refractivity contribution in [1.29, 1.82) is 0 Å². The minimum Gasteiger partial charge on any atom is -0.465 e. The number of rotatable bonds is 4. The molecule has 3 rings (SSSR count). The summed E-state index contributed by atoms with van der Waals surface area (Å²) in [4.78, 5) is 13.0. The average molecular weight is 471 g/mol.